The van der Waals surface area contributed by atoms with E-state index >= 15 is 0 Å². The van der Waals surface area contributed by atoms with Crippen molar-refractivity contribution in [3.05, 3.63) is 0 Å². The Morgan fingerprint density at radius 3 is 1.57 bits per heavy atom. The zero-order valence-corrected chi connectivity index (χ0v) is 16.3. The molecule has 0 aliphatic rings. The lowest BCUT2D eigenvalue weighted by Crippen LogP contribution is -2.24. The first-order chi connectivity index (χ1) is 11.3. The number of unbranched alkanes of at least 4 members (excludes halogenated alkanes) is 13. The summed E-state index contributed by atoms with van der Waals surface area (Å²) >= 11 is 5.56. The molecule has 0 fully saturated rings. The molecule has 0 atom stereocenters. The van der Waals surface area contributed by atoms with Gasteiger partial charge in [-0.1, -0.05) is 90.4 Å². The molecule has 3 heteroatoms. The fraction of sp³-hybridized carbons (Fsp3) is 0.950. The van der Waals surface area contributed by atoms with E-state index in [4.69, 9.17) is 11.6 Å². The first kappa shape index (κ1) is 22.8. The summed E-state index contributed by atoms with van der Waals surface area (Å²) in [7, 11) is 0. The van der Waals surface area contributed by atoms with Crippen LogP contribution in [0.2, 0.25) is 0 Å². The Labute approximate surface area is 150 Å². The summed E-state index contributed by atoms with van der Waals surface area (Å²) < 4.78 is 0. The molecule has 0 spiro atoms. The van der Waals surface area contributed by atoms with Crippen LogP contribution in [0.3, 0.4) is 0 Å². The summed E-state index contributed by atoms with van der Waals surface area (Å²) in [6, 6.07) is 0. The topological polar surface area (TPSA) is 29.1 Å². The molecular weight excluding hydrogens is 306 g/mol. The average molecular weight is 346 g/mol. The van der Waals surface area contributed by atoms with Crippen LogP contribution in [-0.4, -0.2) is 18.3 Å². The van der Waals surface area contributed by atoms with Crippen LogP contribution in [0.25, 0.3) is 0 Å². The Balaban J connectivity index is 3.04. The molecular formula is C20H40ClNO. The van der Waals surface area contributed by atoms with Crippen molar-refractivity contribution in [2.45, 2.75) is 110 Å². The Morgan fingerprint density at radius 2 is 1.13 bits per heavy atom. The highest BCUT2D eigenvalue weighted by molar-refractivity contribution is 6.17. The van der Waals surface area contributed by atoms with E-state index in [0.29, 0.717) is 12.3 Å². The molecule has 0 radical (unpaired) electrons. The summed E-state index contributed by atoms with van der Waals surface area (Å²) in [5.41, 5.74) is 0. The number of alkyl halides is 1. The van der Waals surface area contributed by atoms with E-state index in [0.717, 1.165) is 19.4 Å². The standard InChI is InChI=1S/C20H40ClNO/c1-2-3-4-5-6-7-8-9-10-11-12-13-14-15-19-22-20(23)17-16-18-21/h2-19H2,1H3,(H,22,23). The van der Waals surface area contributed by atoms with Gasteiger partial charge in [-0.25, -0.2) is 0 Å². The van der Waals surface area contributed by atoms with Gasteiger partial charge in [0.05, 0.1) is 0 Å². The van der Waals surface area contributed by atoms with Crippen LogP contribution < -0.4 is 5.32 Å². The second-order valence-corrected chi connectivity index (χ2v) is 7.12. The highest BCUT2D eigenvalue weighted by Gasteiger charge is 1.99. The van der Waals surface area contributed by atoms with Crippen LogP contribution in [0.15, 0.2) is 0 Å². The van der Waals surface area contributed by atoms with Gasteiger partial charge >= 0.3 is 0 Å². The highest BCUT2D eigenvalue weighted by Crippen LogP contribution is 2.12. The predicted molar refractivity (Wildman–Crippen MR) is 103 cm³/mol. The summed E-state index contributed by atoms with van der Waals surface area (Å²) in [5.74, 6) is 0.729. The molecule has 138 valence electrons. The fourth-order valence-corrected chi connectivity index (χ4v) is 3.00. The molecule has 1 N–H and O–H groups in total. The lowest BCUT2D eigenvalue weighted by atomic mass is 10.0. The van der Waals surface area contributed by atoms with E-state index in [1.54, 1.807) is 0 Å². The number of carbonyl (C=O) groups excluding carboxylic acids is 1. The zero-order chi connectivity index (χ0) is 17.0. The number of hydrogen-bond acceptors (Lipinski definition) is 1. The molecule has 0 aromatic heterocycles. The maximum Gasteiger partial charge on any atom is 0.220 e. The summed E-state index contributed by atoms with van der Waals surface area (Å²) in [6.07, 6.45) is 20.5. The zero-order valence-electron chi connectivity index (χ0n) is 15.5. The Hall–Kier alpha value is -0.240. The van der Waals surface area contributed by atoms with E-state index in [-0.39, 0.29) is 5.91 Å². The molecule has 0 saturated carbocycles. The quantitative estimate of drug-likeness (QED) is 0.220. The molecule has 0 heterocycles. The van der Waals surface area contributed by atoms with Crippen molar-refractivity contribution in [3.8, 4) is 0 Å². The van der Waals surface area contributed by atoms with Crippen molar-refractivity contribution in [3.63, 3.8) is 0 Å². The normalized spacial score (nSPS) is 10.9. The molecule has 0 rings (SSSR count). The molecule has 0 bridgehead atoms. The molecule has 0 unspecified atom stereocenters. The second-order valence-electron chi connectivity index (χ2n) is 6.74. The second kappa shape index (κ2) is 19.8. The van der Waals surface area contributed by atoms with Gasteiger partial charge in [0.25, 0.3) is 0 Å². The van der Waals surface area contributed by atoms with Gasteiger partial charge in [-0.3, -0.25) is 4.79 Å². The minimum atomic E-state index is 0.153. The van der Waals surface area contributed by atoms with Crippen molar-refractivity contribution in [1.29, 1.82) is 0 Å². The molecule has 0 aromatic rings. The minimum Gasteiger partial charge on any atom is -0.356 e. The van der Waals surface area contributed by atoms with E-state index in [1.165, 1.54) is 83.5 Å². The first-order valence-corrected chi connectivity index (χ1v) is 10.7. The molecule has 0 aliphatic carbocycles. The van der Waals surface area contributed by atoms with Crippen molar-refractivity contribution < 1.29 is 4.79 Å². The van der Waals surface area contributed by atoms with Crippen molar-refractivity contribution in [2.24, 2.45) is 0 Å². The molecule has 0 aliphatic heterocycles. The first-order valence-electron chi connectivity index (χ1n) is 10.1. The van der Waals surface area contributed by atoms with Crippen molar-refractivity contribution in [1.82, 2.24) is 5.32 Å². The van der Waals surface area contributed by atoms with Gasteiger partial charge in [0.15, 0.2) is 0 Å². The summed E-state index contributed by atoms with van der Waals surface area (Å²) in [6.45, 7) is 3.11. The maximum atomic E-state index is 11.4. The Morgan fingerprint density at radius 1 is 0.696 bits per heavy atom. The largest absolute Gasteiger partial charge is 0.356 e. The smallest absolute Gasteiger partial charge is 0.220 e. The third-order valence-electron chi connectivity index (χ3n) is 4.39. The van der Waals surface area contributed by atoms with Gasteiger partial charge in [0, 0.05) is 18.8 Å². The fourth-order valence-electron chi connectivity index (χ4n) is 2.86. The maximum absolute atomic E-state index is 11.4. The molecule has 1 amide bonds. The molecule has 23 heavy (non-hydrogen) atoms. The van der Waals surface area contributed by atoms with Gasteiger partial charge < -0.3 is 5.32 Å². The van der Waals surface area contributed by atoms with E-state index < -0.39 is 0 Å². The highest BCUT2D eigenvalue weighted by atomic mass is 35.5. The van der Waals surface area contributed by atoms with Gasteiger partial charge in [-0.2, -0.15) is 0 Å². The van der Waals surface area contributed by atoms with Crippen LogP contribution in [0, 0.1) is 0 Å². The van der Waals surface area contributed by atoms with E-state index in [9.17, 15) is 4.79 Å². The predicted octanol–water partition coefficient (Wildman–Crippen LogP) is 6.60. The summed E-state index contributed by atoms with van der Waals surface area (Å²) in [4.78, 5) is 11.4. The average Bonchev–Trinajstić information content (AvgIpc) is 2.56. The number of hydrogen-bond donors (Lipinski definition) is 1. The van der Waals surface area contributed by atoms with Crippen LogP contribution in [0.1, 0.15) is 110 Å². The Kier molecular flexibility index (Phi) is 19.6. The lowest BCUT2D eigenvalue weighted by molar-refractivity contribution is -0.121. The van der Waals surface area contributed by atoms with Crippen LogP contribution in [0.4, 0.5) is 0 Å². The van der Waals surface area contributed by atoms with Crippen molar-refractivity contribution in [2.75, 3.05) is 12.4 Å². The van der Waals surface area contributed by atoms with Gasteiger partial charge in [0.2, 0.25) is 5.91 Å². The van der Waals surface area contributed by atoms with Gasteiger partial charge in [0.1, 0.15) is 0 Å². The number of nitrogens with one attached hydrogen (secondary N) is 1. The third-order valence-corrected chi connectivity index (χ3v) is 4.66. The molecule has 0 aromatic carbocycles. The molecule has 0 saturated heterocycles. The van der Waals surface area contributed by atoms with Crippen LogP contribution in [-0.2, 0) is 4.79 Å². The number of halogens is 1. The monoisotopic (exact) mass is 345 g/mol. The SMILES string of the molecule is CCCCCCCCCCCCCCCCNC(=O)CCCCl. The minimum absolute atomic E-state index is 0.153. The molecule has 2 nitrogen and oxygen atoms in total. The van der Waals surface area contributed by atoms with E-state index in [1.807, 2.05) is 0 Å². The van der Waals surface area contributed by atoms with Gasteiger partial charge in [-0.05, 0) is 12.8 Å². The van der Waals surface area contributed by atoms with Crippen LogP contribution in [0.5, 0.6) is 0 Å². The van der Waals surface area contributed by atoms with E-state index in [2.05, 4.69) is 12.2 Å². The van der Waals surface area contributed by atoms with Crippen LogP contribution >= 0.6 is 11.6 Å². The number of carbonyl (C=O) groups is 1. The number of rotatable bonds is 18. The third kappa shape index (κ3) is 19.7. The number of amides is 1. The summed E-state index contributed by atoms with van der Waals surface area (Å²) in [5, 5.41) is 2.96. The van der Waals surface area contributed by atoms with Gasteiger partial charge in [-0.15, -0.1) is 11.6 Å². The Bertz CT molecular complexity index is 246. The lowest BCUT2D eigenvalue weighted by Gasteiger charge is -2.05. The van der Waals surface area contributed by atoms with Crippen molar-refractivity contribution >= 4 is 17.5 Å².